The summed E-state index contributed by atoms with van der Waals surface area (Å²) in [5.41, 5.74) is 1.21. The minimum Gasteiger partial charge on any atom is -0.338 e. The van der Waals surface area contributed by atoms with Crippen LogP contribution in [-0.2, 0) is 0 Å². The summed E-state index contributed by atoms with van der Waals surface area (Å²) in [5.74, 6) is 0.260. The van der Waals surface area contributed by atoms with Gasteiger partial charge in [0.05, 0.1) is 16.2 Å². The minimum atomic E-state index is -0.512. The first-order chi connectivity index (χ1) is 13.8. The number of rotatable bonds is 4. The van der Waals surface area contributed by atoms with Gasteiger partial charge in [0.15, 0.2) is 0 Å². The van der Waals surface area contributed by atoms with Crippen LogP contribution in [0.1, 0.15) is 46.5 Å². The summed E-state index contributed by atoms with van der Waals surface area (Å²) in [6.07, 6.45) is 1.09. The molecule has 7 nitrogen and oxygen atoms in total. The molecule has 1 heterocycles. The highest BCUT2D eigenvalue weighted by molar-refractivity contribution is 6.10. The van der Waals surface area contributed by atoms with Crippen molar-refractivity contribution in [1.82, 2.24) is 4.90 Å². The van der Waals surface area contributed by atoms with Gasteiger partial charge in [-0.2, -0.15) is 0 Å². The van der Waals surface area contributed by atoms with Gasteiger partial charge in [0.1, 0.15) is 0 Å². The van der Waals surface area contributed by atoms with Crippen LogP contribution in [0.4, 0.5) is 11.4 Å². The van der Waals surface area contributed by atoms with E-state index in [9.17, 15) is 19.7 Å². The van der Waals surface area contributed by atoms with Gasteiger partial charge in [-0.3, -0.25) is 19.7 Å². The number of para-hydroxylation sites is 1. The fourth-order valence-corrected chi connectivity index (χ4v) is 4.03. The van der Waals surface area contributed by atoms with Crippen LogP contribution in [0.5, 0.6) is 0 Å². The lowest BCUT2D eigenvalue weighted by molar-refractivity contribution is -0.385. The second kappa shape index (κ2) is 8.43. The smallest absolute Gasteiger partial charge is 0.273 e. The normalized spacial score (nSPS) is 18.9. The Labute approximate surface area is 169 Å². The van der Waals surface area contributed by atoms with Crippen LogP contribution in [0.3, 0.4) is 0 Å². The zero-order chi connectivity index (χ0) is 21.1. The van der Waals surface area contributed by atoms with Crippen LogP contribution in [0, 0.1) is 28.9 Å². The van der Waals surface area contributed by atoms with E-state index in [2.05, 4.69) is 19.2 Å². The third-order valence-electron chi connectivity index (χ3n) is 5.31. The van der Waals surface area contributed by atoms with Gasteiger partial charge in [0, 0.05) is 30.3 Å². The molecule has 1 saturated heterocycles. The molecule has 0 radical (unpaired) electrons. The topological polar surface area (TPSA) is 92.6 Å². The summed E-state index contributed by atoms with van der Waals surface area (Å²) in [5, 5.41) is 13.9. The van der Waals surface area contributed by atoms with Gasteiger partial charge in [-0.25, -0.2) is 0 Å². The zero-order valence-electron chi connectivity index (χ0n) is 16.8. The Morgan fingerprint density at radius 1 is 1.03 bits per heavy atom. The Morgan fingerprint density at radius 3 is 2.31 bits per heavy atom. The van der Waals surface area contributed by atoms with Gasteiger partial charge in [0.2, 0.25) is 0 Å². The van der Waals surface area contributed by atoms with Gasteiger partial charge >= 0.3 is 0 Å². The summed E-state index contributed by atoms with van der Waals surface area (Å²) >= 11 is 0. The van der Waals surface area contributed by atoms with Crippen molar-refractivity contribution < 1.29 is 14.5 Å². The number of hydrogen-bond acceptors (Lipinski definition) is 4. The van der Waals surface area contributed by atoms with Crippen LogP contribution in [0.15, 0.2) is 42.5 Å². The molecule has 29 heavy (non-hydrogen) atoms. The Balaban J connectivity index is 1.86. The van der Waals surface area contributed by atoms with Crippen molar-refractivity contribution in [2.75, 3.05) is 18.4 Å². The van der Waals surface area contributed by atoms with E-state index in [4.69, 9.17) is 0 Å². The number of nitro groups is 1. The first kappa shape index (κ1) is 20.5. The number of nitrogens with one attached hydrogen (secondary N) is 1. The van der Waals surface area contributed by atoms with Crippen molar-refractivity contribution in [3.8, 4) is 0 Å². The van der Waals surface area contributed by atoms with E-state index in [0.29, 0.717) is 36.2 Å². The van der Waals surface area contributed by atoms with E-state index in [-0.39, 0.29) is 22.7 Å². The van der Waals surface area contributed by atoms with E-state index in [0.717, 1.165) is 6.42 Å². The number of amides is 2. The SMILES string of the molecule is Cc1c(C(=O)Nc2ccccc2C(=O)N2CC(C)CC(C)C2)cccc1[N+](=O)[O-]. The predicted molar refractivity (Wildman–Crippen MR) is 111 cm³/mol. The first-order valence-corrected chi connectivity index (χ1v) is 9.71. The molecule has 7 heteroatoms. The van der Waals surface area contributed by atoms with Crippen LogP contribution in [0.2, 0.25) is 0 Å². The lowest BCUT2D eigenvalue weighted by atomic mass is 9.91. The number of anilines is 1. The highest BCUT2D eigenvalue weighted by Crippen LogP contribution is 2.26. The number of piperidine rings is 1. The highest BCUT2D eigenvalue weighted by atomic mass is 16.6. The van der Waals surface area contributed by atoms with E-state index < -0.39 is 10.8 Å². The van der Waals surface area contributed by atoms with Crippen molar-refractivity contribution in [1.29, 1.82) is 0 Å². The lowest BCUT2D eigenvalue weighted by Crippen LogP contribution is -2.42. The number of carbonyl (C=O) groups is 2. The Morgan fingerprint density at radius 2 is 1.66 bits per heavy atom. The lowest BCUT2D eigenvalue weighted by Gasteiger charge is -2.35. The molecule has 2 aromatic rings. The summed E-state index contributed by atoms with van der Waals surface area (Å²) in [6, 6.07) is 11.3. The maximum atomic E-state index is 13.1. The standard InChI is InChI=1S/C22H25N3O4/c1-14-11-15(2)13-24(12-14)22(27)18-7-4-5-9-19(18)23-21(26)17-8-6-10-20(16(17)3)25(28)29/h4-10,14-15H,11-13H2,1-3H3,(H,23,26). The fourth-order valence-electron chi connectivity index (χ4n) is 4.03. The molecule has 3 rings (SSSR count). The Kier molecular flexibility index (Phi) is 5.96. The number of nitro benzene ring substituents is 1. The average Bonchev–Trinajstić information content (AvgIpc) is 2.67. The van der Waals surface area contributed by atoms with E-state index in [1.807, 2.05) is 4.90 Å². The summed E-state index contributed by atoms with van der Waals surface area (Å²) in [6.45, 7) is 7.19. The van der Waals surface area contributed by atoms with Crippen LogP contribution < -0.4 is 5.32 Å². The Bertz CT molecular complexity index is 947. The number of benzene rings is 2. The second-order valence-corrected chi connectivity index (χ2v) is 7.86. The van der Waals surface area contributed by atoms with E-state index in [1.165, 1.54) is 18.2 Å². The van der Waals surface area contributed by atoms with Crippen LogP contribution in [-0.4, -0.2) is 34.7 Å². The molecule has 0 saturated carbocycles. The van der Waals surface area contributed by atoms with Crippen LogP contribution in [0.25, 0.3) is 0 Å². The first-order valence-electron chi connectivity index (χ1n) is 9.71. The highest BCUT2D eigenvalue weighted by Gasteiger charge is 2.28. The quantitative estimate of drug-likeness (QED) is 0.618. The molecule has 0 spiro atoms. The Hall–Kier alpha value is -3.22. The molecule has 1 fully saturated rings. The average molecular weight is 395 g/mol. The van der Waals surface area contributed by atoms with E-state index in [1.54, 1.807) is 31.2 Å². The van der Waals surface area contributed by atoms with Crippen LogP contribution >= 0.6 is 0 Å². The van der Waals surface area contributed by atoms with Gasteiger partial charge in [-0.15, -0.1) is 0 Å². The molecule has 1 N–H and O–H groups in total. The molecule has 152 valence electrons. The maximum Gasteiger partial charge on any atom is 0.273 e. The molecule has 0 aliphatic carbocycles. The van der Waals surface area contributed by atoms with Crippen molar-refractivity contribution in [2.45, 2.75) is 27.2 Å². The number of carbonyl (C=O) groups excluding carboxylic acids is 2. The second-order valence-electron chi connectivity index (χ2n) is 7.86. The van der Waals surface area contributed by atoms with Crippen molar-refractivity contribution in [2.24, 2.45) is 11.8 Å². The molecule has 1 aliphatic heterocycles. The van der Waals surface area contributed by atoms with Gasteiger partial charge in [0.25, 0.3) is 17.5 Å². The van der Waals surface area contributed by atoms with Crippen molar-refractivity contribution in [3.05, 3.63) is 69.3 Å². The van der Waals surface area contributed by atoms with Gasteiger partial charge in [-0.1, -0.05) is 32.0 Å². The fraction of sp³-hybridized carbons (Fsp3) is 0.364. The molecular formula is C22H25N3O4. The molecule has 2 aromatic carbocycles. The summed E-state index contributed by atoms with van der Waals surface area (Å²) < 4.78 is 0. The van der Waals surface area contributed by atoms with Crippen molar-refractivity contribution in [3.63, 3.8) is 0 Å². The molecule has 2 unspecified atom stereocenters. The number of hydrogen-bond donors (Lipinski definition) is 1. The van der Waals surface area contributed by atoms with Crippen molar-refractivity contribution >= 4 is 23.2 Å². The van der Waals surface area contributed by atoms with Gasteiger partial charge in [-0.05, 0) is 43.4 Å². The monoisotopic (exact) mass is 395 g/mol. The summed E-state index contributed by atoms with van der Waals surface area (Å²) in [4.78, 5) is 38.4. The van der Waals surface area contributed by atoms with E-state index >= 15 is 0 Å². The number of nitrogens with zero attached hydrogens (tertiary/aromatic N) is 2. The predicted octanol–water partition coefficient (Wildman–Crippen LogP) is 4.27. The largest absolute Gasteiger partial charge is 0.338 e. The third-order valence-corrected chi connectivity index (χ3v) is 5.31. The number of likely N-dealkylation sites (tertiary alicyclic amines) is 1. The molecule has 0 aromatic heterocycles. The zero-order valence-corrected chi connectivity index (χ0v) is 16.8. The molecule has 2 atom stereocenters. The minimum absolute atomic E-state index is 0.113. The molecular weight excluding hydrogens is 370 g/mol. The molecule has 0 bridgehead atoms. The third kappa shape index (κ3) is 4.45. The van der Waals surface area contributed by atoms with Gasteiger partial charge < -0.3 is 10.2 Å². The summed E-state index contributed by atoms with van der Waals surface area (Å²) in [7, 11) is 0. The molecule has 2 amide bonds. The maximum absolute atomic E-state index is 13.1. The molecule has 1 aliphatic rings.